The Kier molecular flexibility index (Phi) is 63.2. The van der Waals surface area contributed by atoms with Gasteiger partial charge < -0.3 is 69.5 Å². The van der Waals surface area contributed by atoms with Crippen molar-refractivity contribution in [2.24, 2.45) is 11.5 Å². The number of nitrogens with one attached hydrogen (secondary N) is 2. The van der Waals surface area contributed by atoms with Crippen LogP contribution in [0.5, 0.6) is 0 Å². The molecule has 0 aromatic heterocycles. The van der Waals surface area contributed by atoms with Crippen LogP contribution in [0, 0.1) is 0 Å². The van der Waals surface area contributed by atoms with Gasteiger partial charge in [-0.25, -0.2) is 0 Å². The fourth-order valence-corrected chi connectivity index (χ4v) is 7.65. The molecule has 0 heterocycles. The van der Waals surface area contributed by atoms with E-state index in [9.17, 15) is 14.4 Å². The van der Waals surface area contributed by atoms with Crippen LogP contribution in [-0.4, -0.2) is 168 Å². The summed E-state index contributed by atoms with van der Waals surface area (Å²) in [7, 11) is 0. The van der Waals surface area contributed by atoms with Crippen molar-refractivity contribution in [2.45, 2.75) is 199 Å². The average Bonchev–Trinajstić information content (AvgIpc) is 3.37. The third-order valence-electron chi connectivity index (χ3n) is 12.0. The number of ether oxygens (including phenoxy) is 10. The summed E-state index contributed by atoms with van der Waals surface area (Å²) in [6, 6.07) is -0.970. The molecule has 2 atom stereocenters. The molecule has 0 aliphatic rings. The molecule has 73 heavy (non-hydrogen) atoms. The van der Waals surface area contributed by atoms with Gasteiger partial charge in [-0.2, -0.15) is 13.5 Å². The van der Waals surface area contributed by atoms with Crippen molar-refractivity contribution in [2.75, 3.05) is 139 Å². The lowest BCUT2D eigenvalue weighted by atomic mass is 10.1. The van der Waals surface area contributed by atoms with Gasteiger partial charge >= 0.3 is 0 Å². The van der Waals surface area contributed by atoms with Crippen LogP contribution in [0.25, 0.3) is 0 Å². The first-order valence-corrected chi connectivity index (χ1v) is 28.8. The fourth-order valence-electron chi connectivity index (χ4n) is 7.65. The van der Waals surface area contributed by atoms with Gasteiger partial charge in [-0.3, -0.25) is 14.4 Å². The van der Waals surface area contributed by atoms with Gasteiger partial charge in [0.2, 0.25) is 17.7 Å². The first-order valence-electron chi connectivity index (χ1n) is 28.8. The maximum absolute atomic E-state index is 12.9. The molecule has 0 aliphatic heterocycles. The molecule has 0 saturated carbocycles. The molecule has 436 valence electrons. The summed E-state index contributed by atoms with van der Waals surface area (Å²) in [4.78, 5) is 37.7. The Hall–Kier alpha value is -1.68. The number of carbonyl (C=O) groups is 3. The Morgan fingerprint density at radius 1 is 0.397 bits per heavy atom. The minimum absolute atomic E-state index is 0. The molecule has 6 N–H and O–H groups in total. The molecular weight excluding hydrogens is 957 g/mol. The Labute approximate surface area is 451 Å². The Balaban J connectivity index is 0. The van der Waals surface area contributed by atoms with Gasteiger partial charge in [-0.1, -0.05) is 155 Å². The van der Waals surface area contributed by atoms with Crippen LogP contribution < -0.4 is 22.1 Å². The predicted octanol–water partition coefficient (Wildman–Crippen LogP) is 8.25. The van der Waals surface area contributed by atoms with E-state index in [1.165, 1.54) is 128 Å². The highest BCUT2D eigenvalue weighted by molar-refractivity contribution is 7.59. The molecular formula is C55H112N4O13S. The van der Waals surface area contributed by atoms with E-state index in [1.807, 2.05) is 0 Å². The standard InChI is InChI=1S/C55H110N4O13.H2S/c1-3-5-7-9-11-13-15-17-19-21-23-25-31-71-50-51(72-32-26-24-22-20-18-16-14-12-10-8-6-4-2)49-58-53(60)28-27-52(55(57)62)59-54(61)29-33-63-35-37-65-39-41-67-43-45-69-47-48-70-46-44-68-42-40-66-38-36-64-34-30-56;/h51-52H,3-50,56H2,1-2H3,(H2,57,62)(H,58,60)(H,59,61);1H2. The number of hydrogen-bond acceptors (Lipinski definition) is 14. The Bertz CT molecular complexity index is 1140. The average molecular weight is 1070 g/mol. The maximum Gasteiger partial charge on any atom is 0.240 e. The number of hydrogen-bond donors (Lipinski definition) is 4. The minimum atomic E-state index is -0.970. The van der Waals surface area contributed by atoms with E-state index in [0.717, 1.165) is 25.7 Å². The van der Waals surface area contributed by atoms with Crippen molar-refractivity contribution < 1.29 is 61.8 Å². The molecule has 0 fully saturated rings. The fraction of sp³-hybridized carbons (Fsp3) is 0.945. The molecule has 0 aliphatic carbocycles. The van der Waals surface area contributed by atoms with Crippen molar-refractivity contribution in [3.63, 3.8) is 0 Å². The summed E-state index contributed by atoms with van der Waals surface area (Å²) >= 11 is 0. The van der Waals surface area contributed by atoms with Crippen molar-refractivity contribution in [3.8, 4) is 0 Å². The third kappa shape index (κ3) is 59.4. The van der Waals surface area contributed by atoms with Crippen molar-refractivity contribution >= 4 is 31.2 Å². The highest BCUT2D eigenvalue weighted by atomic mass is 32.1. The summed E-state index contributed by atoms with van der Waals surface area (Å²) in [6.07, 6.45) is 30.8. The lowest BCUT2D eigenvalue weighted by molar-refractivity contribution is -0.129. The van der Waals surface area contributed by atoms with Crippen molar-refractivity contribution in [1.29, 1.82) is 0 Å². The van der Waals surface area contributed by atoms with Gasteiger partial charge in [0.05, 0.1) is 118 Å². The molecule has 0 rings (SSSR count). The largest absolute Gasteiger partial charge is 0.379 e. The van der Waals surface area contributed by atoms with E-state index in [-0.39, 0.29) is 57.3 Å². The third-order valence-corrected chi connectivity index (χ3v) is 12.0. The summed E-state index contributed by atoms with van der Waals surface area (Å²) in [5.74, 6) is -1.32. The molecule has 3 amide bonds. The zero-order valence-corrected chi connectivity index (χ0v) is 47.6. The highest BCUT2D eigenvalue weighted by Crippen LogP contribution is 2.14. The maximum atomic E-state index is 12.9. The topological polar surface area (TPSA) is 220 Å². The SMILES string of the molecule is CCCCCCCCCCCCCCOCC(CNC(=O)CCC(NC(=O)CCOCCOCCOCCOCCOCCOCCOCCOCCN)C(N)=O)OCCCCCCCCCCCCCC.S. The molecule has 2 unspecified atom stereocenters. The first kappa shape index (κ1) is 73.4. The summed E-state index contributed by atoms with van der Waals surface area (Å²) < 4.78 is 55.9. The minimum Gasteiger partial charge on any atom is -0.379 e. The smallest absolute Gasteiger partial charge is 0.240 e. The van der Waals surface area contributed by atoms with Crippen molar-refractivity contribution in [3.05, 3.63) is 0 Å². The lowest BCUT2D eigenvalue weighted by Gasteiger charge is -2.20. The van der Waals surface area contributed by atoms with Gasteiger partial charge in [0.15, 0.2) is 0 Å². The van der Waals surface area contributed by atoms with E-state index in [0.29, 0.717) is 132 Å². The molecule has 17 nitrogen and oxygen atoms in total. The summed E-state index contributed by atoms with van der Waals surface area (Å²) in [6.45, 7) is 14.1. The summed E-state index contributed by atoms with van der Waals surface area (Å²) in [5.41, 5.74) is 10.9. The quantitative estimate of drug-likeness (QED) is 0.0422. The van der Waals surface area contributed by atoms with Gasteiger partial charge in [0, 0.05) is 39.1 Å². The van der Waals surface area contributed by atoms with Gasteiger partial charge in [0.1, 0.15) is 6.04 Å². The van der Waals surface area contributed by atoms with Crippen LogP contribution in [0.4, 0.5) is 0 Å². The Morgan fingerprint density at radius 2 is 0.740 bits per heavy atom. The van der Waals surface area contributed by atoms with E-state index >= 15 is 0 Å². The van der Waals surface area contributed by atoms with E-state index < -0.39 is 11.9 Å². The normalized spacial score (nSPS) is 12.2. The first-order chi connectivity index (χ1) is 35.4. The molecule has 0 bridgehead atoms. The molecule has 0 aromatic carbocycles. The predicted molar refractivity (Wildman–Crippen MR) is 297 cm³/mol. The van der Waals surface area contributed by atoms with Gasteiger partial charge in [-0.15, -0.1) is 0 Å². The van der Waals surface area contributed by atoms with Crippen LogP contribution in [0.1, 0.15) is 187 Å². The second-order valence-electron chi connectivity index (χ2n) is 18.6. The molecule has 18 heteroatoms. The van der Waals surface area contributed by atoms with Crippen LogP contribution in [0.3, 0.4) is 0 Å². The number of rotatable bonds is 62. The number of carbonyl (C=O) groups excluding carboxylic acids is 3. The monoisotopic (exact) mass is 1070 g/mol. The van der Waals surface area contributed by atoms with Crippen LogP contribution in [-0.2, 0) is 61.8 Å². The zero-order chi connectivity index (χ0) is 52.3. The number of nitrogens with two attached hydrogens (primary N) is 2. The van der Waals surface area contributed by atoms with E-state index in [2.05, 4.69) is 24.5 Å². The molecule has 0 saturated heterocycles. The van der Waals surface area contributed by atoms with Crippen LogP contribution in [0.15, 0.2) is 0 Å². The number of amides is 3. The highest BCUT2D eigenvalue weighted by Gasteiger charge is 2.20. The van der Waals surface area contributed by atoms with Gasteiger partial charge in [-0.05, 0) is 19.3 Å². The lowest BCUT2D eigenvalue weighted by Crippen LogP contribution is -2.45. The van der Waals surface area contributed by atoms with Crippen LogP contribution in [0.2, 0.25) is 0 Å². The van der Waals surface area contributed by atoms with Crippen molar-refractivity contribution in [1.82, 2.24) is 10.6 Å². The summed E-state index contributed by atoms with van der Waals surface area (Å²) in [5, 5.41) is 5.60. The molecule has 0 spiro atoms. The van der Waals surface area contributed by atoms with Crippen LogP contribution >= 0.6 is 13.5 Å². The second-order valence-corrected chi connectivity index (χ2v) is 18.6. The number of primary amides is 1. The van der Waals surface area contributed by atoms with E-state index in [4.69, 9.17) is 58.8 Å². The number of unbranched alkanes of at least 4 members (excludes halogenated alkanes) is 22. The van der Waals surface area contributed by atoms with Gasteiger partial charge in [0.25, 0.3) is 0 Å². The van der Waals surface area contributed by atoms with E-state index in [1.54, 1.807) is 0 Å². The molecule has 0 radical (unpaired) electrons. The second kappa shape index (κ2) is 62.9. The zero-order valence-electron chi connectivity index (χ0n) is 46.6. The Morgan fingerprint density at radius 3 is 1.11 bits per heavy atom. The molecule has 0 aromatic rings.